The highest BCUT2D eigenvalue weighted by Crippen LogP contribution is 2.23. The molecule has 2 N–H and O–H groups in total. The third-order valence-corrected chi connectivity index (χ3v) is 4.90. The molecule has 3 aromatic rings. The Bertz CT molecular complexity index is 1090. The van der Waals surface area contributed by atoms with E-state index in [0.717, 1.165) is 12.2 Å². The molecule has 0 radical (unpaired) electrons. The largest absolute Gasteiger partial charge is 0.321 e. The number of nitrogens with one attached hydrogen (secondary N) is 2. The molecule has 8 heteroatoms. The number of amides is 2. The number of carbonyl (C=O) groups excluding carboxylic acids is 2. The van der Waals surface area contributed by atoms with Crippen LogP contribution in [0.5, 0.6) is 0 Å². The summed E-state index contributed by atoms with van der Waals surface area (Å²) in [5.74, 6) is -2.23. The zero-order chi connectivity index (χ0) is 23.1. The van der Waals surface area contributed by atoms with Crippen LogP contribution in [-0.2, 0) is 9.59 Å². The van der Waals surface area contributed by atoms with Crippen molar-refractivity contribution < 1.29 is 18.4 Å². The molecule has 3 aromatic carbocycles. The predicted octanol–water partition coefficient (Wildman–Crippen LogP) is 6.58. The van der Waals surface area contributed by atoms with E-state index in [-0.39, 0.29) is 21.2 Å². The molecule has 162 valence electrons. The van der Waals surface area contributed by atoms with Crippen molar-refractivity contribution in [3.05, 3.63) is 106 Å². The van der Waals surface area contributed by atoms with Crippen LogP contribution in [0.2, 0.25) is 10.0 Å². The third-order valence-electron chi connectivity index (χ3n) is 4.24. The molecule has 0 unspecified atom stereocenters. The number of hydrogen-bond donors (Lipinski definition) is 2. The normalized spacial score (nSPS) is 11.1. The summed E-state index contributed by atoms with van der Waals surface area (Å²) < 4.78 is 27.7. The first kappa shape index (κ1) is 23.2. The van der Waals surface area contributed by atoms with E-state index in [4.69, 9.17) is 23.2 Å². The summed E-state index contributed by atoms with van der Waals surface area (Å²) in [6, 6.07) is 14.9. The lowest BCUT2D eigenvalue weighted by Crippen LogP contribution is -2.13. The molecule has 2 amide bonds. The second-order valence-electron chi connectivity index (χ2n) is 6.46. The molecule has 0 saturated carbocycles. The molecule has 3 rings (SSSR count). The Balaban J connectivity index is 1.70. The summed E-state index contributed by atoms with van der Waals surface area (Å²) in [7, 11) is 0. The van der Waals surface area contributed by atoms with Crippen LogP contribution >= 0.6 is 23.2 Å². The minimum absolute atomic E-state index is 0.0860. The van der Waals surface area contributed by atoms with Gasteiger partial charge in [0.25, 0.3) is 0 Å². The van der Waals surface area contributed by atoms with Crippen molar-refractivity contribution in [1.29, 1.82) is 0 Å². The second kappa shape index (κ2) is 10.7. The molecule has 0 heterocycles. The van der Waals surface area contributed by atoms with Gasteiger partial charge in [-0.2, -0.15) is 0 Å². The maximum absolute atomic E-state index is 13.8. The monoisotopic (exact) mass is 472 g/mol. The van der Waals surface area contributed by atoms with Gasteiger partial charge < -0.3 is 10.6 Å². The van der Waals surface area contributed by atoms with Crippen LogP contribution in [0.25, 0.3) is 12.2 Å². The zero-order valence-corrected chi connectivity index (χ0v) is 17.9. The molecule has 0 bridgehead atoms. The Morgan fingerprint density at radius 1 is 0.656 bits per heavy atom. The Morgan fingerprint density at radius 2 is 1.06 bits per heavy atom. The van der Waals surface area contributed by atoms with Crippen LogP contribution < -0.4 is 10.6 Å². The van der Waals surface area contributed by atoms with Crippen molar-refractivity contribution in [1.82, 2.24) is 0 Å². The van der Waals surface area contributed by atoms with Gasteiger partial charge in [-0.15, -0.1) is 0 Å². The first-order chi connectivity index (χ1) is 15.3. The molecule has 4 nitrogen and oxygen atoms in total. The summed E-state index contributed by atoms with van der Waals surface area (Å²) >= 11 is 11.9. The van der Waals surface area contributed by atoms with Crippen LogP contribution in [0.15, 0.2) is 72.8 Å². The van der Waals surface area contributed by atoms with E-state index >= 15 is 0 Å². The number of halogens is 4. The Labute approximate surface area is 193 Å². The summed E-state index contributed by atoms with van der Waals surface area (Å²) in [4.78, 5) is 24.6. The molecule has 0 aliphatic rings. The standard InChI is InChI=1S/C24H16Cl2F2N2O2/c25-17-5-3-7-19(27)15(17)11-13-23(31)29-21-9-1-2-10-22(21)30-24(32)14-12-16-18(26)6-4-8-20(16)28/h1-14H,(H,29,31)(H,30,32)/b13-11+,14-12+. The highest BCUT2D eigenvalue weighted by atomic mass is 35.5. The van der Waals surface area contributed by atoms with E-state index < -0.39 is 23.4 Å². The highest BCUT2D eigenvalue weighted by molar-refractivity contribution is 6.32. The van der Waals surface area contributed by atoms with Crippen LogP contribution in [-0.4, -0.2) is 11.8 Å². The van der Waals surface area contributed by atoms with E-state index in [1.54, 1.807) is 24.3 Å². The van der Waals surface area contributed by atoms with Gasteiger partial charge in [-0.1, -0.05) is 47.5 Å². The quantitative estimate of drug-likeness (QED) is 0.398. The van der Waals surface area contributed by atoms with Crippen LogP contribution in [0.3, 0.4) is 0 Å². The number of anilines is 2. The van der Waals surface area contributed by atoms with Crippen molar-refractivity contribution in [2.45, 2.75) is 0 Å². The Morgan fingerprint density at radius 3 is 1.44 bits per heavy atom. The summed E-state index contributed by atoms with van der Waals surface area (Å²) in [5.41, 5.74) is 0.797. The van der Waals surface area contributed by atoms with Gasteiger partial charge in [0.1, 0.15) is 11.6 Å². The summed E-state index contributed by atoms with van der Waals surface area (Å²) in [6.07, 6.45) is 4.77. The summed E-state index contributed by atoms with van der Waals surface area (Å²) in [6.45, 7) is 0. The Hall–Kier alpha value is -3.48. The second-order valence-corrected chi connectivity index (χ2v) is 7.28. The van der Waals surface area contributed by atoms with Gasteiger partial charge in [0, 0.05) is 23.3 Å². The highest BCUT2D eigenvalue weighted by Gasteiger charge is 2.09. The van der Waals surface area contributed by atoms with E-state index in [1.807, 2.05) is 0 Å². The van der Waals surface area contributed by atoms with Crippen molar-refractivity contribution in [2.75, 3.05) is 10.6 Å². The lowest BCUT2D eigenvalue weighted by atomic mass is 10.2. The van der Waals surface area contributed by atoms with E-state index in [0.29, 0.717) is 11.4 Å². The van der Waals surface area contributed by atoms with Gasteiger partial charge >= 0.3 is 0 Å². The van der Waals surface area contributed by atoms with Gasteiger partial charge in [-0.3, -0.25) is 9.59 Å². The zero-order valence-electron chi connectivity index (χ0n) is 16.4. The number of benzene rings is 3. The average molecular weight is 473 g/mol. The van der Waals surface area contributed by atoms with E-state index in [9.17, 15) is 18.4 Å². The molecule has 0 atom stereocenters. The third kappa shape index (κ3) is 6.03. The molecule has 0 aliphatic carbocycles. The van der Waals surface area contributed by atoms with Gasteiger partial charge in [0.2, 0.25) is 11.8 Å². The molecule has 0 aromatic heterocycles. The van der Waals surface area contributed by atoms with Crippen molar-refractivity contribution in [3.63, 3.8) is 0 Å². The maximum Gasteiger partial charge on any atom is 0.248 e. The van der Waals surface area contributed by atoms with Crippen molar-refractivity contribution in [3.8, 4) is 0 Å². The first-order valence-electron chi connectivity index (χ1n) is 9.30. The van der Waals surface area contributed by atoms with Crippen molar-refractivity contribution >= 4 is 58.5 Å². The van der Waals surface area contributed by atoms with Gasteiger partial charge in [-0.05, 0) is 48.6 Å². The maximum atomic E-state index is 13.8. The fourth-order valence-corrected chi connectivity index (χ4v) is 3.16. The average Bonchev–Trinajstić information content (AvgIpc) is 2.74. The van der Waals surface area contributed by atoms with Gasteiger partial charge in [-0.25, -0.2) is 8.78 Å². The summed E-state index contributed by atoms with van der Waals surface area (Å²) in [5, 5.41) is 5.55. The Kier molecular flexibility index (Phi) is 7.76. The minimum Gasteiger partial charge on any atom is -0.321 e. The van der Waals surface area contributed by atoms with Gasteiger partial charge in [0.15, 0.2) is 0 Å². The number of hydrogen-bond acceptors (Lipinski definition) is 2. The fourth-order valence-electron chi connectivity index (χ4n) is 2.71. The van der Waals surface area contributed by atoms with Gasteiger partial charge in [0.05, 0.1) is 21.4 Å². The SMILES string of the molecule is O=C(/C=C/c1c(F)cccc1Cl)Nc1ccccc1NC(=O)/C=C/c1c(F)cccc1Cl. The molecule has 0 fully saturated rings. The molecule has 0 saturated heterocycles. The number of carbonyl (C=O) groups is 2. The molecular weight excluding hydrogens is 457 g/mol. The van der Waals surface area contributed by atoms with Crippen LogP contribution in [0.1, 0.15) is 11.1 Å². The first-order valence-corrected chi connectivity index (χ1v) is 10.1. The molecule has 0 spiro atoms. The van der Waals surface area contributed by atoms with E-state index in [2.05, 4.69) is 10.6 Å². The smallest absolute Gasteiger partial charge is 0.248 e. The predicted molar refractivity (Wildman–Crippen MR) is 125 cm³/mol. The number of para-hydroxylation sites is 2. The lowest BCUT2D eigenvalue weighted by Gasteiger charge is -2.10. The number of rotatable bonds is 6. The molecular formula is C24H16Cl2F2N2O2. The molecule has 32 heavy (non-hydrogen) atoms. The fraction of sp³-hybridized carbons (Fsp3) is 0. The van der Waals surface area contributed by atoms with Crippen molar-refractivity contribution in [2.24, 2.45) is 0 Å². The minimum atomic E-state index is -0.559. The molecule has 0 aliphatic heterocycles. The van der Waals surface area contributed by atoms with E-state index in [1.165, 1.54) is 48.6 Å². The van der Waals surface area contributed by atoms with Crippen LogP contribution in [0.4, 0.5) is 20.2 Å². The van der Waals surface area contributed by atoms with Crippen LogP contribution in [0, 0.1) is 11.6 Å². The topological polar surface area (TPSA) is 58.2 Å². The lowest BCUT2D eigenvalue weighted by molar-refractivity contribution is -0.112.